The molecule has 0 amide bonds. The number of rotatable bonds is 9. The lowest BCUT2D eigenvalue weighted by Crippen LogP contribution is -2.32. The summed E-state index contributed by atoms with van der Waals surface area (Å²) >= 11 is 0. The molecule has 8 nitrogen and oxygen atoms in total. The summed E-state index contributed by atoms with van der Waals surface area (Å²) in [7, 11) is 6.48. The summed E-state index contributed by atoms with van der Waals surface area (Å²) in [5.74, 6) is 1.19. The molecule has 1 aromatic carbocycles. The quantitative estimate of drug-likeness (QED) is 0.655. The van der Waals surface area contributed by atoms with Gasteiger partial charge in [0.05, 0.1) is 31.1 Å². The molecule has 1 aliphatic carbocycles. The average molecular weight is 430 g/mol. The fourth-order valence-electron chi connectivity index (χ4n) is 3.94. The van der Waals surface area contributed by atoms with Gasteiger partial charge in [-0.2, -0.15) is 0 Å². The van der Waals surface area contributed by atoms with Gasteiger partial charge >= 0.3 is 0 Å². The van der Waals surface area contributed by atoms with Crippen molar-refractivity contribution in [2.45, 2.75) is 38.7 Å². The van der Waals surface area contributed by atoms with E-state index in [1.165, 1.54) is 4.57 Å². The Morgan fingerprint density at radius 1 is 1.16 bits per heavy atom. The van der Waals surface area contributed by atoms with Gasteiger partial charge in [0, 0.05) is 39.8 Å². The second-order valence-corrected chi connectivity index (χ2v) is 7.66. The van der Waals surface area contributed by atoms with E-state index in [0.717, 1.165) is 18.4 Å². The third kappa shape index (κ3) is 4.65. The van der Waals surface area contributed by atoms with Crippen molar-refractivity contribution in [1.82, 2.24) is 9.55 Å². The third-order valence-corrected chi connectivity index (χ3v) is 5.71. The summed E-state index contributed by atoms with van der Waals surface area (Å²) < 4.78 is 17.6. The topological polar surface area (TPSA) is 91.7 Å². The molecule has 0 bridgehead atoms. The monoisotopic (exact) mass is 429 g/mol. The van der Waals surface area contributed by atoms with Gasteiger partial charge in [0.25, 0.3) is 5.56 Å². The van der Waals surface area contributed by atoms with Crippen molar-refractivity contribution in [2.75, 3.05) is 39.8 Å². The summed E-state index contributed by atoms with van der Waals surface area (Å²) in [4.78, 5) is 30.4. The first-order valence-electron chi connectivity index (χ1n) is 10.5. The van der Waals surface area contributed by atoms with Gasteiger partial charge in [-0.25, -0.2) is 4.98 Å². The van der Waals surface area contributed by atoms with Crippen molar-refractivity contribution >= 4 is 11.5 Å². The summed E-state index contributed by atoms with van der Waals surface area (Å²) in [6, 6.07) is 3.73. The van der Waals surface area contributed by atoms with Crippen LogP contribution in [-0.4, -0.2) is 55.9 Å². The number of fused-ring (bicyclic) bond motifs is 1. The van der Waals surface area contributed by atoms with Crippen LogP contribution in [0.3, 0.4) is 0 Å². The van der Waals surface area contributed by atoms with Crippen LogP contribution in [-0.2, 0) is 29.4 Å². The highest BCUT2D eigenvalue weighted by Crippen LogP contribution is 2.35. The molecule has 1 N–H and O–H groups in total. The summed E-state index contributed by atoms with van der Waals surface area (Å²) in [6.45, 7) is 2.81. The maximum atomic E-state index is 13.2. The largest absolute Gasteiger partial charge is 0.496 e. The molecular weight excluding hydrogens is 398 g/mol. The molecule has 168 valence electrons. The number of nitrogens with zero attached hydrogens (tertiary/aromatic N) is 2. The minimum atomic E-state index is -0.183. The molecule has 0 saturated carbocycles. The van der Waals surface area contributed by atoms with Gasteiger partial charge in [0.2, 0.25) is 0 Å². The fourth-order valence-corrected chi connectivity index (χ4v) is 3.94. The van der Waals surface area contributed by atoms with Crippen LogP contribution in [0.1, 0.15) is 41.4 Å². The summed E-state index contributed by atoms with van der Waals surface area (Å²) in [5, 5.41) is 3.20. The van der Waals surface area contributed by atoms with Crippen molar-refractivity contribution in [3.63, 3.8) is 0 Å². The van der Waals surface area contributed by atoms with E-state index in [4.69, 9.17) is 19.2 Å². The maximum Gasteiger partial charge on any atom is 0.277 e. The van der Waals surface area contributed by atoms with Crippen LogP contribution >= 0.6 is 0 Å². The molecule has 1 unspecified atom stereocenters. The molecule has 31 heavy (non-hydrogen) atoms. The van der Waals surface area contributed by atoms with Crippen molar-refractivity contribution in [2.24, 2.45) is 7.05 Å². The van der Waals surface area contributed by atoms with Crippen LogP contribution < -0.4 is 15.6 Å². The normalized spacial score (nSPS) is 14.3. The Morgan fingerprint density at radius 3 is 2.58 bits per heavy atom. The van der Waals surface area contributed by atoms with E-state index in [9.17, 15) is 9.59 Å². The number of Topliss-reactive ketones (excluding diaryl/α,β-unsaturated/α-hetero) is 1. The van der Waals surface area contributed by atoms with Gasteiger partial charge < -0.3 is 19.5 Å². The Morgan fingerprint density at radius 2 is 1.94 bits per heavy atom. The van der Waals surface area contributed by atoms with Gasteiger partial charge in [-0.1, -0.05) is 6.92 Å². The van der Waals surface area contributed by atoms with Crippen LogP contribution in [0.2, 0.25) is 0 Å². The fraction of sp³-hybridized carbons (Fsp3) is 0.522. The van der Waals surface area contributed by atoms with E-state index in [2.05, 4.69) is 5.32 Å². The molecule has 0 fully saturated rings. The lowest BCUT2D eigenvalue weighted by Gasteiger charge is -2.21. The standard InChI is InChI=1S/C23H31N3O5/c1-6-18-21(24-12-15(30-4)13-29-3)23(28)26(2)22(25-18)17-10-14-8-7-9-19(27)16(14)11-20(17)31-5/h10-11,15,24H,6-9,12-13H2,1-5H3. The smallest absolute Gasteiger partial charge is 0.277 e. The van der Waals surface area contributed by atoms with Crippen molar-refractivity contribution in [3.05, 3.63) is 39.3 Å². The molecule has 3 rings (SSSR count). The number of hydrogen-bond donors (Lipinski definition) is 1. The molecule has 1 aliphatic rings. The predicted octanol–water partition coefficient (Wildman–Crippen LogP) is 2.61. The molecule has 1 aromatic heterocycles. The second kappa shape index (κ2) is 10.1. The number of anilines is 1. The predicted molar refractivity (Wildman–Crippen MR) is 119 cm³/mol. The molecule has 0 radical (unpaired) electrons. The zero-order valence-corrected chi connectivity index (χ0v) is 18.9. The Balaban J connectivity index is 2.06. The molecular formula is C23H31N3O5. The number of methoxy groups -OCH3 is 3. The lowest BCUT2D eigenvalue weighted by atomic mass is 9.88. The highest BCUT2D eigenvalue weighted by atomic mass is 16.5. The number of ketones is 1. The number of benzene rings is 1. The maximum absolute atomic E-state index is 13.2. The van der Waals surface area contributed by atoms with Gasteiger partial charge in [-0.3, -0.25) is 14.2 Å². The third-order valence-electron chi connectivity index (χ3n) is 5.71. The molecule has 1 atom stereocenters. The van der Waals surface area contributed by atoms with E-state index < -0.39 is 0 Å². The molecule has 0 saturated heterocycles. The number of ether oxygens (including phenoxy) is 3. The minimum Gasteiger partial charge on any atom is -0.496 e. The van der Waals surface area contributed by atoms with Crippen LogP contribution in [0.25, 0.3) is 11.4 Å². The van der Waals surface area contributed by atoms with Gasteiger partial charge in [0.15, 0.2) is 5.78 Å². The van der Waals surface area contributed by atoms with E-state index >= 15 is 0 Å². The van der Waals surface area contributed by atoms with E-state index in [-0.39, 0.29) is 17.4 Å². The summed E-state index contributed by atoms with van der Waals surface area (Å²) in [5.41, 5.74) is 3.34. The number of aryl methyl sites for hydroxylation is 2. The Bertz CT molecular complexity index is 1020. The van der Waals surface area contributed by atoms with Gasteiger partial charge in [-0.05, 0) is 37.0 Å². The van der Waals surface area contributed by atoms with E-state index in [0.29, 0.717) is 60.1 Å². The Kier molecular flexibility index (Phi) is 7.46. The second-order valence-electron chi connectivity index (χ2n) is 7.66. The SMILES string of the molecule is CCc1nc(-c2cc3c(cc2OC)C(=O)CCC3)n(C)c(=O)c1NCC(COC)OC. The first kappa shape index (κ1) is 23.0. The van der Waals surface area contributed by atoms with Crippen LogP contribution in [0.15, 0.2) is 16.9 Å². The van der Waals surface area contributed by atoms with Gasteiger partial charge in [-0.15, -0.1) is 0 Å². The Labute approximate surface area is 182 Å². The zero-order chi connectivity index (χ0) is 22.5. The van der Waals surface area contributed by atoms with Crippen molar-refractivity contribution in [1.29, 1.82) is 0 Å². The number of hydrogen-bond acceptors (Lipinski definition) is 7. The average Bonchev–Trinajstić information content (AvgIpc) is 2.78. The first-order valence-corrected chi connectivity index (χ1v) is 10.5. The van der Waals surface area contributed by atoms with Crippen molar-refractivity contribution < 1.29 is 19.0 Å². The van der Waals surface area contributed by atoms with E-state index in [1.54, 1.807) is 34.4 Å². The van der Waals surface area contributed by atoms with Gasteiger partial charge in [0.1, 0.15) is 17.3 Å². The molecule has 8 heteroatoms. The van der Waals surface area contributed by atoms with Crippen LogP contribution in [0.4, 0.5) is 5.69 Å². The number of carbonyl (C=O) groups excluding carboxylic acids is 1. The summed E-state index contributed by atoms with van der Waals surface area (Å²) in [6.07, 6.45) is 2.61. The highest BCUT2D eigenvalue weighted by molar-refractivity contribution is 5.99. The number of carbonyl (C=O) groups is 1. The minimum absolute atomic E-state index is 0.130. The lowest BCUT2D eigenvalue weighted by molar-refractivity contribution is 0.0365. The van der Waals surface area contributed by atoms with Crippen LogP contribution in [0.5, 0.6) is 5.75 Å². The first-order chi connectivity index (χ1) is 14.9. The highest BCUT2D eigenvalue weighted by Gasteiger charge is 2.24. The van der Waals surface area contributed by atoms with E-state index in [1.807, 2.05) is 13.0 Å². The Hall–Kier alpha value is -2.71. The zero-order valence-electron chi connectivity index (χ0n) is 18.9. The molecule has 0 spiro atoms. The molecule has 1 heterocycles. The molecule has 0 aliphatic heterocycles. The number of aromatic nitrogens is 2. The van der Waals surface area contributed by atoms with Crippen molar-refractivity contribution in [3.8, 4) is 17.1 Å². The van der Waals surface area contributed by atoms with Crippen LogP contribution in [0, 0.1) is 0 Å². The number of nitrogens with one attached hydrogen (secondary N) is 1. The molecule has 2 aromatic rings.